The number of aromatic hydroxyl groups is 1. The Hall–Kier alpha value is -0.570. The summed E-state index contributed by atoms with van der Waals surface area (Å²) < 4.78 is 12.6. The largest absolute Gasteiger partial charge is 0.508 e. The molecule has 0 aliphatic carbocycles. The van der Waals surface area contributed by atoms with Crippen molar-refractivity contribution in [3.8, 4) is 5.75 Å². The Balaban J connectivity index is 3.06. The first-order valence-electron chi connectivity index (χ1n) is 2.77. The summed E-state index contributed by atoms with van der Waals surface area (Å²) in [5.41, 5.74) is 0.479. The molecule has 0 saturated heterocycles. The molecule has 0 spiro atoms. The summed E-state index contributed by atoms with van der Waals surface area (Å²) in [5, 5.41) is 8.93. The number of phenols is 1. The standard InChI is InChI=1S/C7H6BrFO/c8-6-1-5(4-9)2-7(10)3-6/h1-3,10H,4H2. The van der Waals surface area contributed by atoms with Gasteiger partial charge in [0.05, 0.1) is 0 Å². The summed E-state index contributed by atoms with van der Waals surface area (Å²) in [4.78, 5) is 0. The average molecular weight is 205 g/mol. The van der Waals surface area contributed by atoms with Crippen LogP contribution in [0.15, 0.2) is 22.7 Å². The van der Waals surface area contributed by atoms with Gasteiger partial charge in [0.2, 0.25) is 0 Å². The van der Waals surface area contributed by atoms with Crippen molar-refractivity contribution in [1.82, 2.24) is 0 Å². The molecule has 0 aliphatic heterocycles. The number of alkyl halides is 1. The van der Waals surface area contributed by atoms with E-state index in [2.05, 4.69) is 15.9 Å². The van der Waals surface area contributed by atoms with Crippen LogP contribution >= 0.6 is 15.9 Å². The Kier molecular flexibility index (Phi) is 2.27. The molecule has 0 aromatic heterocycles. The third-order valence-electron chi connectivity index (χ3n) is 1.10. The molecule has 1 rings (SSSR count). The molecule has 0 radical (unpaired) electrons. The highest BCUT2D eigenvalue weighted by Gasteiger charge is 1.95. The molecule has 0 bridgehead atoms. The van der Waals surface area contributed by atoms with Crippen LogP contribution in [0.3, 0.4) is 0 Å². The molecule has 3 heteroatoms. The number of hydrogen-bond donors (Lipinski definition) is 1. The molecule has 1 aromatic rings. The highest BCUT2D eigenvalue weighted by Crippen LogP contribution is 2.20. The minimum absolute atomic E-state index is 0.0852. The van der Waals surface area contributed by atoms with Gasteiger partial charge in [-0.3, -0.25) is 0 Å². The number of rotatable bonds is 1. The van der Waals surface area contributed by atoms with E-state index >= 15 is 0 Å². The summed E-state index contributed by atoms with van der Waals surface area (Å²) in [6.45, 7) is -0.549. The van der Waals surface area contributed by atoms with E-state index in [1.54, 1.807) is 6.07 Å². The lowest BCUT2D eigenvalue weighted by Crippen LogP contribution is -1.77. The van der Waals surface area contributed by atoms with Crippen molar-refractivity contribution in [2.45, 2.75) is 6.67 Å². The zero-order valence-corrected chi connectivity index (χ0v) is 6.73. The molecule has 1 aromatic carbocycles. The molecule has 0 amide bonds. The Morgan fingerprint density at radius 1 is 1.40 bits per heavy atom. The molecule has 0 unspecified atom stereocenters. The van der Waals surface area contributed by atoms with Gasteiger partial charge in [0, 0.05) is 4.47 Å². The van der Waals surface area contributed by atoms with Crippen molar-refractivity contribution in [2.75, 3.05) is 0 Å². The van der Waals surface area contributed by atoms with Crippen molar-refractivity contribution >= 4 is 15.9 Å². The van der Waals surface area contributed by atoms with Crippen molar-refractivity contribution < 1.29 is 9.50 Å². The van der Waals surface area contributed by atoms with E-state index in [-0.39, 0.29) is 5.75 Å². The molecule has 1 N–H and O–H groups in total. The third kappa shape index (κ3) is 1.70. The van der Waals surface area contributed by atoms with Crippen molar-refractivity contribution in [1.29, 1.82) is 0 Å². The molecule has 0 aliphatic rings. The Labute approximate surface area is 66.6 Å². The predicted octanol–water partition coefficient (Wildman–Crippen LogP) is 2.62. The maximum Gasteiger partial charge on any atom is 0.117 e. The van der Waals surface area contributed by atoms with Gasteiger partial charge in [0.1, 0.15) is 12.4 Å². The lowest BCUT2D eigenvalue weighted by molar-refractivity contribution is 0.462. The molecule has 0 fully saturated rings. The van der Waals surface area contributed by atoms with E-state index < -0.39 is 6.67 Å². The fourth-order valence-electron chi connectivity index (χ4n) is 0.710. The summed E-state index contributed by atoms with van der Waals surface area (Å²) in [7, 11) is 0. The Morgan fingerprint density at radius 2 is 2.10 bits per heavy atom. The summed E-state index contributed by atoms with van der Waals surface area (Å²) >= 11 is 3.13. The molecule has 1 nitrogen and oxygen atoms in total. The van der Waals surface area contributed by atoms with Gasteiger partial charge in [0.25, 0.3) is 0 Å². The third-order valence-corrected chi connectivity index (χ3v) is 1.55. The highest BCUT2D eigenvalue weighted by molar-refractivity contribution is 9.10. The van der Waals surface area contributed by atoms with Crippen LogP contribution in [0, 0.1) is 0 Å². The van der Waals surface area contributed by atoms with Crippen LogP contribution in [-0.4, -0.2) is 5.11 Å². The fraction of sp³-hybridized carbons (Fsp3) is 0.143. The monoisotopic (exact) mass is 204 g/mol. The number of benzene rings is 1. The molecule has 54 valence electrons. The molecule has 0 heterocycles. The summed E-state index contributed by atoms with van der Waals surface area (Å²) in [6, 6.07) is 4.53. The summed E-state index contributed by atoms with van der Waals surface area (Å²) in [6.07, 6.45) is 0. The Bertz CT molecular complexity index is 217. The summed E-state index contributed by atoms with van der Waals surface area (Å²) in [5.74, 6) is 0.0852. The zero-order chi connectivity index (χ0) is 7.56. The van der Waals surface area contributed by atoms with Gasteiger partial charge in [-0.1, -0.05) is 15.9 Å². The van der Waals surface area contributed by atoms with E-state index in [0.29, 0.717) is 10.0 Å². The number of halogens is 2. The second kappa shape index (κ2) is 3.01. The second-order valence-electron chi connectivity index (χ2n) is 1.95. The van der Waals surface area contributed by atoms with Crippen molar-refractivity contribution in [3.63, 3.8) is 0 Å². The van der Waals surface area contributed by atoms with Crippen LogP contribution in [0.25, 0.3) is 0 Å². The number of hydrogen-bond acceptors (Lipinski definition) is 1. The SMILES string of the molecule is Oc1cc(Br)cc(CF)c1. The van der Waals surface area contributed by atoms with Crippen LogP contribution in [0.5, 0.6) is 5.75 Å². The van der Waals surface area contributed by atoms with E-state index in [1.807, 2.05) is 0 Å². The Morgan fingerprint density at radius 3 is 2.60 bits per heavy atom. The van der Waals surface area contributed by atoms with Crippen LogP contribution < -0.4 is 0 Å². The van der Waals surface area contributed by atoms with Crippen LogP contribution in [0.1, 0.15) is 5.56 Å². The fourth-order valence-corrected chi connectivity index (χ4v) is 1.24. The van der Waals surface area contributed by atoms with Crippen LogP contribution in [0.2, 0.25) is 0 Å². The molecule has 10 heavy (non-hydrogen) atoms. The van der Waals surface area contributed by atoms with E-state index in [9.17, 15) is 4.39 Å². The molecular weight excluding hydrogens is 199 g/mol. The van der Waals surface area contributed by atoms with E-state index in [0.717, 1.165) is 0 Å². The van der Waals surface area contributed by atoms with Crippen LogP contribution in [0.4, 0.5) is 4.39 Å². The van der Waals surface area contributed by atoms with Gasteiger partial charge in [-0.2, -0.15) is 0 Å². The number of phenolic OH excluding ortho intramolecular Hbond substituents is 1. The van der Waals surface area contributed by atoms with Gasteiger partial charge >= 0.3 is 0 Å². The quantitative estimate of drug-likeness (QED) is 0.746. The maximum absolute atomic E-state index is 12.0. The van der Waals surface area contributed by atoms with Gasteiger partial charge in [0.15, 0.2) is 0 Å². The lowest BCUT2D eigenvalue weighted by Gasteiger charge is -1.96. The lowest BCUT2D eigenvalue weighted by atomic mass is 10.2. The molecule has 0 atom stereocenters. The van der Waals surface area contributed by atoms with E-state index in [4.69, 9.17) is 5.11 Å². The minimum Gasteiger partial charge on any atom is -0.508 e. The van der Waals surface area contributed by atoms with Gasteiger partial charge < -0.3 is 5.11 Å². The van der Waals surface area contributed by atoms with Crippen molar-refractivity contribution in [2.24, 2.45) is 0 Å². The van der Waals surface area contributed by atoms with Gasteiger partial charge in [-0.25, -0.2) is 4.39 Å². The van der Waals surface area contributed by atoms with E-state index in [1.165, 1.54) is 12.1 Å². The highest BCUT2D eigenvalue weighted by atomic mass is 79.9. The predicted molar refractivity (Wildman–Crippen MR) is 40.6 cm³/mol. The molecular formula is C7H6BrFO. The van der Waals surface area contributed by atoms with Gasteiger partial charge in [-0.15, -0.1) is 0 Å². The maximum atomic E-state index is 12.0. The van der Waals surface area contributed by atoms with Crippen molar-refractivity contribution in [3.05, 3.63) is 28.2 Å². The second-order valence-corrected chi connectivity index (χ2v) is 2.87. The van der Waals surface area contributed by atoms with Gasteiger partial charge in [-0.05, 0) is 23.8 Å². The minimum atomic E-state index is -0.549. The first-order valence-corrected chi connectivity index (χ1v) is 3.56. The average Bonchev–Trinajstić information content (AvgIpc) is 1.85. The topological polar surface area (TPSA) is 20.2 Å². The zero-order valence-electron chi connectivity index (χ0n) is 5.14. The first kappa shape index (κ1) is 7.54. The molecule has 0 saturated carbocycles. The first-order chi connectivity index (χ1) is 4.72. The van der Waals surface area contributed by atoms with Crippen LogP contribution in [-0.2, 0) is 6.67 Å². The normalized spacial score (nSPS) is 9.80. The smallest absolute Gasteiger partial charge is 0.117 e.